The van der Waals surface area contributed by atoms with Crippen molar-refractivity contribution in [2.45, 2.75) is 82.8 Å². The second-order valence-electron chi connectivity index (χ2n) is 9.79. The Morgan fingerprint density at radius 1 is 0.967 bits per heavy atom. The highest BCUT2D eigenvalue weighted by molar-refractivity contribution is 5.79. The summed E-state index contributed by atoms with van der Waals surface area (Å²) < 4.78 is 0. The predicted octanol–water partition coefficient (Wildman–Crippen LogP) is 3.94. The van der Waals surface area contributed by atoms with Gasteiger partial charge >= 0.3 is 0 Å². The number of amides is 1. The number of hydrogen-bond donors (Lipinski definition) is 0. The summed E-state index contributed by atoms with van der Waals surface area (Å²) in [5.41, 5.74) is 1.36. The maximum atomic E-state index is 13.3. The number of nitrogens with zero attached hydrogens (tertiary/aromatic N) is 4. The molecule has 5 nitrogen and oxygen atoms in total. The van der Waals surface area contributed by atoms with Crippen LogP contribution >= 0.6 is 0 Å². The third-order valence-corrected chi connectivity index (χ3v) is 7.75. The molecule has 0 unspecified atom stereocenters. The van der Waals surface area contributed by atoms with Crippen LogP contribution in [0.5, 0.6) is 0 Å². The second kappa shape index (κ2) is 10.7. The van der Waals surface area contributed by atoms with E-state index in [9.17, 15) is 4.79 Å². The first kappa shape index (κ1) is 21.8. The van der Waals surface area contributed by atoms with E-state index in [0.717, 1.165) is 32.6 Å². The number of pyridine rings is 1. The lowest BCUT2D eigenvalue weighted by Crippen LogP contribution is -2.51. The lowest BCUT2D eigenvalue weighted by Gasteiger charge is -2.43. The Bertz CT molecular complexity index is 650. The molecule has 1 saturated carbocycles. The van der Waals surface area contributed by atoms with E-state index < -0.39 is 0 Å². The van der Waals surface area contributed by atoms with Crippen LogP contribution in [0.1, 0.15) is 69.8 Å². The van der Waals surface area contributed by atoms with Crippen molar-refractivity contribution in [2.75, 3.05) is 33.2 Å². The largest absolute Gasteiger partial charge is 0.342 e. The minimum Gasteiger partial charge on any atom is -0.342 e. The molecule has 1 atom stereocenters. The molecule has 0 radical (unpaired) electrons. The lowest BCUT2D eigenvalue weighted by atomic mass is 9.92. The maximum absolute atomic E-state index is 13.3. The molecular weight excluding hydrogens is 372 g/mol. The van der Waals surface area contributed by atoms with Crippen molar-refractivity contribution >= 4 is 5.91 Å². The predicted molar refractivity (Wildman–Crippen MR) is 121 cm³/mol. The van der Waals surface area contributed by atoms with E-state index in [1.165, 1.54) is 69.9 Å². The molecule has 2 aliphatic heterocycles. The van der Waals surface area contributed by atoms with Crippen LogP contribution < -0.4 is 0 Å². The van der Waals surface area contributed by atoms with Gasteiger partial charge in [-0.3, -0.25) is 19.6 Å². The third kappa shape index (κ3) is 5.61. The average Bonchev–Trinajstić information content (AvgIpc) is 3.09. The van der Waals surface area contributed by atoms with Gasteiger partial charge in [0.1, 0.15) is 0 Å². The summed E-state index contributed by atoms with van der Waals surface area (Å²) in [6, 6.07) is 5.37. The molecule has 5 heteroatoms. The standard InChI is InChI=1S/C25H40N4O/c1-27(23-8-4-2-3-5-9-23)25(30)22-7-6-16-29(20-22)24-12-17-28(18-13-24)19-21-10-14-26-15-11-21/h10-11,14-15,22-24H,2-9,12-13,16-20H2,1H3/t22-/m0/s1. The molecule has 166 valence electrons. The molecule has 3 heterocycles. The number of likely N-dealkylation sites (tertiary alicyclic amines) is 2. The highest BCUT2D eigenvalue weighted by Crippen LogP contribution is 2.28. The first-order valence-corrected chi connectivity index (χ1v) is 12.3. The smallest absolute Gasteiger partial charge is 0.226 e. The SMILES string of the molecule is CN(C(=O)[C@H]1CCCN(C2CCN(Cc3ccncc3)CC2)C1)C1CCCCCC1. The van der Waals surface area contributed by atoms with Crippen LogP contribution in [0.25, 0.3) is 0 Å². The van der Waals surface area contributed by atoms with E-state index in [1.54, 1.807) is 0 Å². The molecule has 3 fully saturated rings. The molecule has 0 aromatic carbocycles. The third-order valence-electron chi connectivity index (χ3n) is 7.75. The van der Waals surface area contributed by atoms with Gasteiger partial charge in [0.05, 0.1) is 5.92 Å². The van der Waals surface area contributed by atoms with Crippen LogP contribution in [-0.4, -0.2) is 70.9 Å². The fraction of sp³-hybridized carbons (Fsp3) is 0.760. The Morgan fingerprint density at radius 2 is 1.67 bits per heavy atom. The summed E-state index contributed by atoms with van der Waals surface area (Å²) in [7, 11) is 2.08. The number of piperidine rings is 2. The molecule has 4 rings (SSSR count). The van der Waals surface area contributed by atoms with Gasteiger partial charge in [-0.25, -0.2) is 0 Å². The van der Waals surface area contributed by atoms with Crippen LogP contribution in [0.2, 0.25) is 0 Å². The summed E-state index contributed by atoms with van der Waals surface area (Å²) in [5.74, 6) is 0.628. The van der Waals surface area contributed by atoms with E-state index in [0.29, 0.717) is 18.0 Å². The number of carbonyl (C=O) groups is 1. The number of hydrogen-bond acceptors (Lipinski definition) is 4. The Morgan fingerprint density at radius 3 is 2.37 bits per heavy atom. The van der Waals surface area contributed by atoms with Gasteiger partial charge in [0.2, 0.25) is 5.91 Å². The second-order valence-corrected chi connectivity index (χ2v) is 9.79. The zero-order valence-corrected chi connectivity index (χ0v) is 18.8. The zero-order valence-electron chi connectivity index (χ0n) is 18.8. The summed E-state index contributed by atoms with van der Waals surface area (Å²) in [6.45, 7) is 5.49. The van der Waals surface area contributed by atoms with Gasteiger partial charge in [-0.05, 0) is 75.9 Å². The fourth-order valence-corrected chi connectivity index (χ4v) is 5.84. The highest BCUT2D eigenvalue weighted by atomic mass is 16.2. The van der Waals surface area contributed by atoms with Gasteiger partial charge in [0.15, 0.2) is 0 Å². The van der Waals surface area contributed by atoms with E-state index in [2.05, 4.69) is 38.9 Å². The number of rotatable bonds is 5. The summed E-state index contributed by atoms with van der Waals surface area (Å²) in [6.07, 6.45) is 16.1. The Balaban J connectivity index is 1.26. The van der Waals surface area contributed by atoms with E-state index in [4.69, 9.17) is 0 Å². The van der Waals surface area contributed by atoms with Crippen LogP contribution in [0, 0.1) is 5.92 Å². The molecule has 0 bridgehead atoms. The quantitative estimate of drug-likeness (QED) is 0.687. The lowest BCUT2D eigenvalue weighted by molar-refractivity contribution is -0.139. The molecule has 1 aliphatic carbocycles. The molecule has 0 spiro atoms. The molecular formula is C25H40N4O. The Labute approximate surface area is 182 Å². The van der Waals surface area contributed by atoms with Crippen LogP contribution in [0.4, 0.5) is 0 Å². The van der Waals surface area contributed by atoms with Crippen molar-refractivity contribution in [2.24, 2.45) is 5.92 Å². The number of aromatic nitrogens is 1. The molecule has 0 N–H and O–H groups in total. The normalized spacial score (nSPS) is 25.7. The van der Waals surface area contributed by atoms with Gasteiger partial charge in [0.25, 0.3) is 0 Å². The van der Waals surface area contributed by atoms with E-state index in [1.807, 2.05) is 12.4 Å². The minimum absolute atomic E-state index is 0.210. The first-order chi connectivity index (χ1) is 14.7. The van der Waals surface area contributed by atoms with Crippen molar-refractivity contribution in [3.63, 3.8) is 0 Å². The number of carbonyl (C=O) groups excluding carboxylic acids is 1. The Hall–Kier alpha value is -1.46. The monoisotopic (exact) mass is 412 g/mol. The van der Waals surface area contributed by atoms with Crippen molar-refractivity contribution in [1.29, 1.82) is 0 Å². The van der Waals surface area contributed by atoms with Crippen molar-refractivity contribution in [3.05, 3.63) is 30.1 Å². The topological polar surface area (TPSA) is 39.7 Å². The van der Waals surface area contributed by atoms with Crippen LogP contribution in [-0.2, 0) is 11.3 Å². The van der Waals surface area contributed by atoms with Crippen molar-refractivity contribution in [1.82, 2.24) is 19.7 Å². The average molecular weight is 413 g/mol. The highest BCUT2D eigenvalue weighted by Gasteiger charge is 2.34. The van der Waals surface area contributed by atoms with E-state index in [-0.39, 0.29) is 5.92 Å². The van der Waals surface area contributed by atoms with Gasteiger partial charge in [-0.1, -0.05) is 25.7 Å². The molecule has 30 heavy (non-hydrogen) atoms. The van der Waals surface area contributed by atoms with Crippen molar-refractivity contribution in [3.8, 4) is 0 Å². The maximum Gasteiger partial charge on any atom is 0.226 e. The summed E-state index contributed by atoms with van der Waals surface area (Å²) in [5, 5.41) is 0. The molecule has 2 saturated heterocycles. The molecule has 1 aromatic heterocycles. The van der Waals surface area contributed by atoms with Crippen LogP contribution in [0.3, 0.4) is 0 Å². The van der Waals surface area contributed by atoms with Gasteiger partial charge < -0.3 is 4.90 Å². The molecule has 1 aromatic rings. The molecule has 3 aliphatic rings. The summed E-state index contributed by atoms with van der Waals surface area (Å²) >= 11 is 0. The first-order valence-electron chi connectivity index (χ1n) is 12.3. The summed E-state index contributed by atoms with van der Waals surface area (Å²) in [4.78, 5) is 24.8. The van der Waals surface area contributed by atoms with Gasteiger partial charge in [-0.15, -0.1) is 0 Å². The zero-order chi connectivity index (χ0) is 20.8. The van der Waals surface area contributed by atoms with Crippen molar-refractivity contribution < 1.29 is 4.79 Å². The van der Waals surface area contributed by atoms with E-state index >= 15 is 0 Å². The van der Waals surface area contributed by atoms with Gasteiger partial charge in [-0.2, -0.15) is 0 Å². The minimum atomic E-state index is 0.210. The fourth-order valence-electron chi connectivity index (χ4n) is 5.84. The Kier molecular flexibility index (Phi) is 7.78. The van der Waals surface area contributed by atoms with Crippen LogP contribution in [0.15, 0.2) is 24.5 Å². The van der Waals surface area contributed by atoms with Gasteiger partial charge in [0, 0.05) is 44.6 Å². The molecule has 1 amide bonds.